The summed E-state index contributed by atoms with van der Waals surface area (Å²) in [5.41, 5.74) is 5.64. The van der Waals surface area contributed by atoms with Crippen molar-refractivity contribution in [2.24, 2.45) is 0 Å². The SMILES string of the molecule is COC(=O)c1ccc2c(c1C)c1c(n2CCCO)CCCC1. The average Bonchev–Trinajstić information content (AvgIpc) is 2.87. The number of hydrogen-bond acceptors (Lipinski definition) is 3. The number of aromatic nitrogens is 1. The third-order valence-electron chi connectivity index (χ3n) is 4.75. The second-order valence-corrected chi connectivity index (χ2v) is 5.98. The molecule has 1 heterocycles. The Balaban J connectivity index is 2.24. The van der Waals surface area contributed by atoms with Crippen LogP contribution in [-0.4, -0.2) is 29.4 Å². The number of rotatable bonds is 4. The molecule has 0 unspecified atom stereocenters. The molecule has 2 aromatic rings. The van der Waals surface area contributed by atoms with Crippen LogP contribution in [0.15, 0.2) is 12.1 Å². The van der Waals surface area contributed by atoms with E-state index in [0.717, 1.165) is 31.4 Å². The first-order valence-corrected chi connectivity index (χ1v) is 8.01. The first kappa shape index (κ1) is 15.1. The number of fused-ring (bicyclic) bond motifs is 3. The third kappa shape index (κ3) is 2.31. The van der Waals surface area contributed by atoms with Gasteiger partial charge in [0.2, 0.25) is 0 Å². The maximum atomic E-state index is 12.0. The minimum atomic E-state index is -0.271. The number of carbonyl (C=O) groups is 1. The highest BCUT2D eigenvalue weighted by atomic mass is 16.5. The third-order valence-corrected chi connectivity index (χ3v) is 4.75. The lowest BCUT2D eigenvalue weighted by atomic mass is 9.92. The number of esters is 1. The summed E-state index contributed by atoms with van der Waals surface area (Å²) in [6, 6.07) is 3.90. The number of methoxy groups -OCH3 is 1. The molecule has 4 heteroatoms. The minimum Gasteiger partial charge on any atom is -0.465 e. The van der Waals surface area contributed by atoms with Crippen LogP contribution in [0.3, 0.4) is 0 Å². The van der Waals surface area contributed by atoms with Crippen molar-refractivity contribution in [1.29, 1.82) is 0 Å². The van der Waals surface area contributed by atoms with Gasteiger partial charge in [0.15, 0.2) is 0 Å². The van der Waals surface area contributed by atoms with Gasteiger partial charge < -0.3 is 14.4 Å². The van der Waals surface area contributed by atoms with E-state index < -0.39 is 0 Å². The highest BCUT2D eigenvalue weighted by Gasteiger charge is 2.23. The molecule has 0 saturated carbocycles. The fourth-order valence-corrected chi connectivity index (χ4v) is 3.72. The molecule has 0 spiro atoms. The Morgan fingerprint density at radius 1 is 1.32 bits per heavy atom. The Bertz CT molecular complexity index is 715. The quantitative estimate of drug-likeness (QED) is 0.883. The van der Waals surface area contributed by atoms with Crippen LogP contribution in [0.1, 0.15) is 46.4 Å². The summed E-state index contributed by atoms with van der Waals surface area (Å²) in [5.74, 6) is -0.271. The van der Waals surface area contributed by atoms with Crippen molar-refractivity contribution < 1.29 is 14.6 Å². The summed E-state index contributed by atoms with van der Waals surface area (Å²) in [7, 11) is 1.42. The van der Waals surface area contributed by atoms with E-state index in [-0.39, 0.29) is 12.6 Å². The van der Waals surface area contributed by atoms with Crippen molar-refractivity contribution in [3.63, 3.8) is 0 Å². The van der Waals surface area contributed by atoms with Crippen molar-refractivity contribution in [2.45, 2.75) is 45.6 Å². The van der Waals surface area contributed by atoms with Gasteiger partial charge in [0.25, 0.3) is 0 Å². The van der Waals surface area contributed by atoms with Crippen LogP contribution in [0.4, 0.5) is 0 Å². The molecule has 0 radical (unpaired) electrons. The molecule has 0 atom stereocenters. The van der Waals surface area contributed by atoms with Gasteiger partial charge in [-0.3, -0.25) is 0 Å². The van der Waals surface area contributed by atoms with Crippen LogP contribution in [0.2, 0.25) is 0 Å². The van der Waals surface area contributed by atoms with Gasteiger partial charge in [-0.05, 0) is 62.3 Å². The largest absolute Gasteiger partial charge is 0.465 e. The second-order valence-electron chi connectivity index (χ2n) is 5.98. The maximum Gasteiger partial charge on any atom is 0.338 e. The van der Waals surface area contributed by atoms with Gasteiger partial charge in [0.1, 0.15) is 0 Å². The molecule has 1 aromatic carbocycles. The van der Waals surface area contributed by atoms with Gasteiger partial charge in [-0.15, -0.1) is 0 Å². The molecule has 0 saturated heterocycles. The number of aliphatic hydroxyl groups is 1. The fourth-order valence-electron chi connectivity index (χ4n) is 3.72. The average molecular weight is 301 g/mol. The number of benzene rings is 1. The maximum absolute atomic E-state index is 12.0. The highest BCUT2D eigenvalue weighted by molar-refractivity contribution is 5.99. The zero-order valence-corrected chi connectivity index (χ0v) is 13.3. The van der Waals surface area contributed by atoms with E-state index in [9.17, 15) is 9.90 Å². The molecule has 0 fully saturated rings. The summed E-state index contributed by atoms with van der Waals surface area (Å²) in [5, 5.41) is 10.4. The van der Waals surface area contributed by atoms with Gasteiger partial charge >= 0.3 is 5.97 Å². The molecule has 4 nitrogen and oxygen atoms in total. The Kier molecular flexibility index (Phi) is 4.21. The lowest BCUT2D eigenvalue weighted by Gasteiger charge is -2.15. The van der Waals surface area contributed by atoms with Gasteiger partial charge in [-0.25, -0.2) is 4.79 Å². The van der Waals surface area contributed by atoms with E-state index in [1.165, 1.54) is 42.1 Å². The lowest BCUT2D eigenvalue weighted by molar-refractivity contribution is 0.0600. The second kappa shape index (κ2) is 6.13. The van der Waals surface area contributed by atoms with Crippen LogP contribution in [-0.2, 0) is 24.1 Å². The number of aryl methyl sites for hydroxylation is 3. The first-order valence-electron chi connectivity index (χ1n) is 8.01. The molecule has 1 aliphatic carbocycles. The van der Waals surface area contributed by atoms with Crippen molar-refractivity contribution >= 4 is 16.9 Å². The number of hydrogen-bond donors (Lipinski definition) is 1. The number of carbonyl (C=O) groups excluding carboxylic acids is 1. The molecule has 3 rings (SSSR count). The lowest BCUT2D eigenvalue weighted by Crippen LogP contribution is -2.09. The van der Waals surface area contributed by atoms with E-state index in [1.807, 2.05) is 19.1 Å². The van der Waals surface area contributed by atoms with Crippen LogP contribution >= 0.6 is 0 Å². The normalized spacial score (nSPS) is 14.1. The molecule has 22 heavy (non-hydrogen) atoms. The Labute approximate surface area is 130 Å². The topological polar surface area (TPSA) is 51.5 Å². The molecule has 118 valence electrons. The molecular weight excluding hydrogens is 278 g/mol. The van der Waals surface area contributed by atoms with Crippen molar-refractivity contribution in [3.8, 4) is 0 Å². The van der Waals surface area contributed by atoms with E-state index in [4.69, 9.17) is 4.74 Å². The highest BCUT2D eigenvalue weighted by Crippen LogP contribution is 2.35. The van der Waals surface area contributed by atoms with Gasteiger partial charge in [0.05, 0.1) is 12.7 Å². The van der Waals surface area contributed by atoms with Crippen LogP contribution in [0.5, 0.6) is 0 Å². The molecule has 0 amide bonds. The van der Waals surface area contributed by atoms with Gasteiger partial charge in [0, 0.05) is 29.7 Å². The molecular formula is C18H23NO3. The number of nitrogens with zero attached hydrogens (tertiary/aromatic N) is 1. The van der Waals surface area contributed by atoms with Crippen LogP contribution < -0.4 is 0 Å². The smallest absolute Gasteiger partial charge is 0.338 e. The summed E-state index contributed by atoms with van der Waals surface area (Å²) in [6.45, 7) is 3.05. The summed E-state index contributed by atoms with van der Waals surface area (Å²) in [4.78, 5) is 12.0. The van der Waals surface area contributed by atoms with Crippen molar-refractivity contribution in [3.05, 3.63) is 34.5 Å². The fraction of sp³-hybridized carbons (Fsp3) is 0.500. The van der Waals surface area contributed by atoms with Crippen molar-refractivity contribution in [1.82, 2.24) is 4.57 Å². The van der Waals surface area contributed by atoms with Crippen LogP contribution in [0, 0.1) is 6.92 Å². The molecule has 1 N–H and O–H groups in total. The van der Waals surface area contributed by atoms with Gasteiger partial charge in [-0.2, -0.15) is 0 Å². The Hall–Kier alpha value is -1.81. The standard InChI is InChI=1S/C18H23NO3/c1-12-13(18(21)22-2)8-9-16-17(12)14-6-3-4-7-15(14)19(16)10-5-11-20/h8-9,20H,3-7,10-11H2,1-2H3. The summed E-state index contributed by atoms with van der Waals surface area (Å²) < 4.78 is 7.24. The van der Waals surface area contributed by atoms with E-state index in [1.54, 1.807) is 0 Å². The van der Waals surface area contributed by atoms with Crippen LogP contribution in [0.25, 0.3) is 10.9 Å². The first-order chi connectivity index (χ1) is 10.7. The summed E-state index contributed by atoms with van der Waals surface area (Å²) >= 11 is 0. The van der Waals surface area contributed by atoms with E-state index in [2.05, 4.69) is 4.57 Å². The Morgan fingerprint density at radius 3 is 2.82 bits per heavy atom. The zero-order valence-electron chi connectivity index (χ0n) is 13.3. The van der Waals surface area contributed by atoms with Crippen molar-refractivity contribution in [2.75, 3.05) is 13.7 Å². The molecule has 0 bridgehead atoms. The summed E-state index contributed by atoms with van der Waals surface area (Å²) in [6.07, 6.45) is 5.33. The number of aliphatic hydroxyl groups excluding tert-OH is 1. The monoisotopic (exact) mass is 301 g/mol. The minimum absolute atomic E-state index is 0.202. The predicted molar refractivity (Wildman–Crippen MR) is 86.4 cm³/mol. The van der Waals surface area contributed by atoms with E-state index in [0.29, 0.717) is 5.56 Å². The van der Waals surface area contributed by atoms with Gasteiger partial charge in [-0.1, -0.05) is 0 Å². The predicted octanol–water partition coefficient (Wildman–Crippen LogP) is 3.00. The van der Waals surface area contributed by atoms with E-state index >= 15 is 0 Å². The molecule has 0 aliphatic heterocycles. The molecule has 1 aliphatic rings. The zero-order chi connectivity index (χ0) is 15.7. The number of ether oxygens (including phenoxy) is 1. The molecule has 1 aromatic heterocycles. The Morgan fingerprint density at radius 2 is 2.09 bits per heavy atom.